The van der Waals surface area contributed by atoms with Crippen LogP contribution in [-0.2, 0) is 6.61 Å². The Kier molecular flexibility index (Phi) is 5.68. The highest BCUT2D eigenvalue weighted by atomic mass is 19.1. The standard InChI is InChI=1S/C19H15FN4O3/c20-17-8-2-1-6-15(17)13-27-16-7-3-5-14(11-16)12-22-23-19-18(24(25)26)9-4-10-21-19/h1-12H,13H2,(H,21,23)/b22-12-. The predicted octanol–water partition coefficient (Wildman–Crippen LogP) is 4.15. The number of benzene rings is 2. The maximum Gasteiger partial charge on any atom is 0.313 e. The van der Waals surface area contributed by atoms with Crippen LogP contribution in [0, 0.1) is 15.9 Å². The molecule has 0 radical (unpaired) electrons. The van der Waals surface area contributed by atoms with Crippen LogP contribution in [0.15, 0.2) is 72.0 Å². The molecule has 1 heterocycles. The van der Waals surface area contributed by atoms with Crippen LogP contribution < -0.4 is 10.2 Å². The third-order valence-corrected chi connectivity index (χ3v) is 3.58. The van der Waals surface area contributed by atoms with Gasteiger partial charge < -0.3 is 4.74 Å². The molecule has 0 amide bonds. The average molecular weight is 366 g/mol. The van der Waals surface area contributed by atoms with Crippen molar-refractivity contribution in [2.75, 3.05) is 5.43 Å². The van der Waals surface area contributed by atoms with Crippen molar-refractivity contribution < 1.29 is 14.1 Å². The SMILES string of the molecule is O=[N+]([O-])c1cccnc1N/N=C\c1cccc(OCc2ccccc2F)c1. The number of pyridine rings is 1. The molecule has 3 rings (SSSR count). The number of hydrogen-bond acceptors (Lipinski definition) is 6. The molecule has 0 fully saturated rings. The summed E-state index contributed by atoms with van der Waals surface area (Å²) in [4.78, 5) is 14.3. The first-order chi connectivity index (χ1) is 13.1. The summed E-state index contributed by atoms with van der Waals surface area (Å²) in [6.45, 7) is 0.103. The number of nitrogens with one attached hydrogen (secondary N) is 1. The first-order valence-electron chi connectivity index (χ1n) is 7.98. The Balaban J connectivity index is 1.65. The highest BCUT2D eigenvalue weighted by Gasteiger charge is 2.12. The summed E-state index contributed by atoms with van der Waals surface area (Å²) in [6, 6.07) is 16.2. The van der Waals surface area contributed by atoms with Crippen molar-refractivity contribution in [3.05, 3.63) is 93.9 Å². The zero-order valence-corrected chi connectivity index (χ0v) is 14.1. The minimum Gasteiger partial charge on any atom is -0.489 e. The van der Waals surface area contributed by atoms with Crippen LogP contribution in [-0.4, -0.2) is 16.1 Å². The van der Waals surface area contributed by atoms with Gasteiger partial charge >= 0.3 is 5.69 Å². The quantitative estimate of drug-likeness (QED) is 0.385. The van der Waals surface area contributed by atoms with E-state index in [1.807, 2.05) is 0 Å². The molecular formula is C19H15FN4O3. The van der Waals surface area contributed by atoms with Gasteiger partial charge in [0.1, 0.15) is 18.2 Å². The van der Waals surface area contributed by atoms with Crippen LogP contribution in [0.5, 0.6) is 5.75 Å². The van der Waals surface area contributed by atoms with E-state index in [2.05, 4.69) is 15.5 Å². The Morgan fingerprint density at radius 2 is 2.04 bits per heavy atom. The number of anilines is 1. The summed E-state index contributed by atoms with van der Waals surface area (Å²) in [6.07, 6.45) is 2.91. The maximum absolute atomic E-state index is 13.6. The molecular weight excluding hydrogens is 351 g/mol. The summed E-state index contributed by atoms with van der Waals surface area (Å²) >= 11 is 0. The van der Waals surface area contributed by atoms with Gasteiger partial charge in [-0.05, 0) is 29.8 Å². The highest BCUT2D eigenvalue weighted by molar-refractivity contribution is 5.81. The van der Waals surface area contributed by atoms with E-state index in [0.29, 0.717) is 16.9 Å². The highest BCUT2D eigenvalue weighted by Crippen LogP contribution is 2.20. The van der Waals surface area contributed by atoms with Crippen LogP contribution >= 0.6 is 0 Å². The number of aromatic nitrogens is 1. The van der Waals surface area contributed by atoms with Gasteiger partial charge in [0, 0.05) is 17.8 Å². The average Bonchev–Trinajstić information content (AvgIpc) is 2.68. The third-order valence-electron chi connectivity index (χ3n) is 3.58. The first-order valence-corrected chi connectivity index (χ1v) is 7.98. The smallest absolute Gasteiger partial charge is 0.313 e. The number of halogens is 1. The van der Waals surface area contributed by atoms with Crippen LogP contribution in [0.3, 0.4) is 0 Å². The fourth-order valence-corrected chi connectivity index (χ4v) is 2.26. The lowest BCUT2D eigenvalue weighted by Gasteiger charge is -2.07. The number of hydrogen-bond donors (Lipinski definition) is 1. The fourth-order valence-electron chi connectivity index (χ4n) is 2.26. The van der Waals surface area contributed by atoms with Gasteiger partial charge in [-0.2, -0.15) is 5.10 Å². The van der Waals surface area contributed by atoms with Crippen LogP contribution in [0.4, 0.5) is 15.9 Å². The van der Waals surface area contributed by atoms with E-state index in [-0.39, 0.29) is 23.9 Å². The molecule has 1 aromatic heterocycles. The minimum absolute atomic E-state index is 0.0470. The Morgan fingerprint density at radius 1 is 1.19 bits per heavy atom. The van der Waals surface area contributed by atoms with Crippen LogP contribution in [0.2, 0.25) is 0 Å². The van der Waals surface area contributed by atoms with Gasteiger partial charge in [-0.1, -0.05) is 30.3 Å². The van der Waals surface area contributed by atoms with Crippen molar-refractivity contribution in [2.45, 2.75) is 6.61 Å². The van der Waals surface area contributed by atoms with E-state index in [9.17, 15) is 14.5 Å². The topological polar surface area (TPSA) is 89.7 Å². The van der Waals surface area contributed by atoms with Crippen molar-refractivity contribution in [2.24, 2.45) is 5.10 Å². The van der Waals surface area contributed by atoms with Crippen molar-refractivity contribution in [1.29, 1.82) is 0 Å². The van der Waals surface area contributed by atoms with Gasteiger partial charge in [0.05, 0.1) is 11.1 Å². The van der Waals surface area contributed by atoms with E-state index in [1.165, 1.54) is 30.6 Å². The van der Waals surface area contributed by atoms with Gasteiger partial charge in [0.15, 0.2) is 0 Å². The molecule has 1 N–H and O–H groups in total. The summed E-state index contributed by atoms with van der Waals surface area (Å²) in [5, 5.41) is 14.9. The molecule has 0 saturated heterocycles. The Morgan fingerprint density at radius 3 is 2.85 bits per heavy atom. The predicted molar refractivity (Wildman–Crippen MR) is 99.3 cm³/mol. The number of rotatable bonds is 7. The number of nitrogens with zero attached hydrogens (tertiary/aromatic N) is 3. The molecule has 2 aromatic carbocycles. The monoisotopic (exact) mass is 366 g/mol. The molecule has 0 atom stereocenters. The van der Waals surface area contributed by atoms with Crippen molar-refractivity contribution in [1.82, 2.24) is 4.98 Å². The molecule has 0 bridgehead atoms. The summed E-state index contributed by atoms with van der Waals surface area (Å²) < 4.78 is 19.2. The first kappa shape index (κ1) is 18.0. The van der Waals surface area contributed by atoms with E-state index in [4.69, 9.17) is 4.74 Å². The molecule has 3 aromatic rings. The zero-order chi connectivity index (χ0) is 19.1. The Labute approximate surface area is 154 Å². The van der Waals surface area contributed by atoms with Gasteiger partial charge in [-0.3, -0.25) is 15.5 Å². The molecule has 0 unspecified atom stereocenters. The van der Waals surface area contributed by atoms with Crippen LogP contribution in [0.25, 0.3) is 0 Å². The Bertz CT molecular complexity index is 978. The fraction of sp³-hybridized carbons (Fsp3) is 0.0526. The van der Waals surface area contributed by atoms with E-state index in [0.717, 1.165) is 0 Å². The molecule has 0 spiro atoms. The third kappa shape index (κ3) is 4.85. The maximum atomic E-state index is 13.6. The molecule has 8 heteroatoms. The number of hydrazone groups is 1. The molecule has 27 heavy (non-hydrogen) atoms. The summed E-state index contributed by atoms with van der Waals surface area (Å²) in [7, 11) is 0. The lowest BCUT2D eigenvalue weighted by atomic mass is 10.2. The molecule has 0 aliphatic rings. The lowest BCUT2D eigenvalue weighted by Crippen LogP contribution is -2.00. The largest absolute Gasteiger partial charge is 0.489 e. The molecule has 136 valence electrons. The number of ether oxygens (including phenoxy) is 1. The van der Waals surface area contributed by atoms with E-state index >= 15 is 0 Å². The van der Waals surface area contributed by atoms with Gasteiger partial charge in [-0.25, -0.2) is 9.37 Å². The lowest BCUT2D eigenvalue weighted by molar-refractivity contribution is -0.384. The second kappa shape index (κ2) is 8.52. The molecule has 0 aliphatic heterocycles. The van der Waals surface area contributed by atoms with Gasteiger partial charge in [0.25, 0.3) is 0 Å². The van der Waals surface area contributed by atoms with Crippen molar-refractivity contribution in [3.63, 3.8) is 0 Å². The van der Waals surface area contributed by atoms with Gasteiger partial charge in [0.2, 0.25) is 5.82 Å². The van der Waals surface area contributed by atoms with E-state index < -0.39 is 4.92 Å². The van der Waals surface area contributed by atoms with Crippen molar-refractivity contribution in [3.8, 4) is 5.75 Å². The second-order valence-corrected chi connectivity index (χ2v) is 5.45. The normalized spacial score (nSPS) is 10.7. The minimum atomic E-state index is -0.540. The van der Waals surface area contributed by atoms with Gasteiger partial charge in [-0.15, -0.1) is 0 Å². The zero-order valence-electron chi connectivity index (χ0n) is 14.1. The number of nitro groups is 1. The Hall–Kier alpha value is -3.81. The second-order valence-electron chi connectivity index (χ2n) is 5.45. The summed E-state index contributed by atoms with van der Waals surface area (Å²) in [5.41, 5.74) is 3.54. The molecule has 7 nitrogen and oxygen atoms in total. The van der Waals surface area contributed by atoms with Crippen molar-refractivity contribution >= 4 is 17.7 Å². The summed E-state index contributed by atoms with van der Waals surface area (Å²) in [5.74, 6) is 0.271. The molecule has 0 aliphatic carbocycles. The van der Waals surface area contributed by atoms with E-state index in [1.54, 1.807) is 42.5 Å². The van der Waals surface area contributed by atoms with Crippen LogP contribution in [0.1, 0.15) is 11.1 Å². The molecule has 0 saturated carbocycles.